The van der Waals surface area contributed by atoms with Crippen molar-refractivity contribution in [2.45, 2.75) is 44.5 Å². The average molecular weight is 679 g/mol. The molecule has 5 aromatic rings. The lowest BCUT2D eigenvalue weighted by Gasteiger charge is -2.28. The maximum absolute atomic E-state index is 15.2. The van der Waals surface area contributed by atoms with Gasteiger partial charge in [0, 0.05) is 25.1 Å². The maximum atomic E-state index is 15.2. The van der Waals surface area contributed by atoms with Crippen LogP contribution in [-0.4, -0.2) is 50.8 Å². The number of ether oxygens (including phenoxy) is 4. The van der Waals surface area contributed by atoms with Gasteiger partial charge in [-0.05, 0) is 41.0 Å². The van der Waals surface area contributed by atoms with E-state index in [2.05, 4.69) is 9.97 Å². The van der Waals surface area contributed by atoms with Gasteiger partial charge in [-0.1, -0.05) is 77.8 Å². The van der Waals surface area contributed by atoms with Gasteiger partial charge in [0.2, 0.25) is 0 Å². The molecule has 0 radical (unpaired) electrons. The molecular formula is C34H26Cl2FN3O7. The molecule has 3 heterocycles. The van der Waals surface area contributed by atoms with Crippen LogP contribution in [0.1, 0.15) is 42.1 Å². The highest BCUT2D eigenvalue weighted by atomic mass is 35.5. The molecule has 0 amide bonds. The molecule has 1 fully saturated rings. The molecule has 2 aromatic heterocycles. The molecule has 1 aliphatic heterocycles. The Morgan fingerprint density at radius 3 is 2.15 bits per heavy atom. The smallest absolute Gasteiger partial charge is 0.338 e. The minimum Gasteiger partial charge on any atom is -0.455 e. The molecule has 0 unspecified atom stereocenters. The molecular weight excluding hydrogens is 652 g/mol. The van der Waals surface area contributed by atoms with Crippen LogP contribution in [-0.2, 0) is 28.5 Å². The first kappa shape index (κ1) is 32.1. The van der Waals surface area contributed by atoms with E-state index in [9.17, 15) is 14.4 Å². The van der Waals surface area contributed by atoms with Gasteiger partial charge >= 0.3 is 17.9 Å². The van der Waals surface area contributed by atoms with Gasteiger partial charge in [-0.15, -0.1) is 0 Å². The van der Waals surface area contributed by atoms with Gasteiger partial charge in [-0.2, -0.15) is 0 Å². The van der Waals surface area contributed by atoms with Crippen molar-refractivity contribution in [3.8, 4) is 11.1 Å². The van der Waals surface area contributed by atoms with Gasteiger partial charge in [0.15, 0.2) is 30.4 Å². The van der Waals surface area contributed by atoms with E-state index in [1.807, 2.05) is 30.3 Å². The van der Waals surface area contributed by atoms with Crippen molar-refractivity contribution in [2.24, 2.45) is 0 Å². The quantitative estimate of drug-likeness (QED) is 0.0981. The normalized spacial score (nSPS) is 19.7. The number of esters is 3. The lowest BCUT2D eigenvalue weighted by atomic mass is 9.98. The lowest BCUT2D eigenvalue weighted by molar-refractivity contribution is -0.166. The van der Waals surface area contributed by atoms with Crippen LogP contribution in [0.2, 0.25) is 10.2 Å². The Morgan fingerprint density at radius 1 is 0.851 bits per heavy atom. The molecule has 0 saturated carbocycles. The van der Waals surface area contributed by atoms with Crippen molar-refractivity contribution >= 4 is 52.1 Å². The van der Waals surface area contributed by atoms with E-state index in [4.69, 9.17) is 42.1 Å². The van der Waals surface area contributed by atoms with E-state index in [-0.39, 0.29) is 21.7 Å². The average Bonchev–Trinajstić information content (AvgIpc) is 3.57. The Labute approximate surface area is 277 Å². The number of carbonyl (C=O) groups is 3. The fraction of sp³-hybridized carbons (Fsp3) is 0.206. The Kier molecular flexibility index (Phi) is 9.21. The lowest BCUT2D eigenvalue weighted by Crippen LogP contribution is -2.41. The molecule has 1 aliphatic rings. The van der Waals surface area contributed by atoms with Gasteiger partial charge < -0.3 is 18.9 Å². The minimum atomic E-state index is -1.33. The molecule has 0 bridgehead atoms. The van der Waals surface area contributed by atoms with E-state index >= 15 is 4.39 Å². The van der Waals surface area contributed by atoms with Gasteiger partial charge in [0.25, 0.3) is 0 Å². The van der Waals surface area contributed by atoms with Crippen LogP contribution < -0.4 is 0 Å². The molecule has 0 aliphatic carbocycles. The van der Waals surface area contributed by atoms with Crippen molar-refractivity contribution in [1.29, 1.82) is 0 Å². The molecule has 10 nitrogen and oxygen atoms in total. The van der Waals surface area contributed by atoms with E-state index in [0.29, 0.717) is 10.6 Å². The van der Waals surface area contributed by atoms with E-state index < -0.39 is 54.4 Å². The van der Waals surface area contributed by atoms with Gasteiger partial charge in [-0.25, -0.2) is 19.2 Å². The highest BCUT2D eigenvalue weighted by Crippen LogP contribution is 2.43. The summed E-state index contributed by atoms with van der Waals surface area (Å²) in [5.74, 6) is -2.93. The fourth-order valence-electron chi connectivity index (χ4n) is 5.56. The highest BCUT2D eigenvalue weighted by molar-refractivity contribution is 6.34. The summed E-state index contributed by atoms with van der Waals surface area (Å²) in [6.45, 7) is 2.34. The molecule has 6 rings (SSSR count). The number of benzene rings is 3. The number of rotatable bonds is 8. The number of nitrogens with zero attached hydrogens (tertiary/aromatic N) is 3. The minimum absolute atomic E-state index is 0.0328. The topological polar surface area (TPSA) is 119 Å². The Balaban J connectivity index is 1.41. The van der Waals surface area contributed by atoms with E-state index in [0.717, 1.165) is 23.7 Å². The molecule has 0 N–H and O–H groups in total. The van der Waals surface area contributed by atoms with Crippen molar-refractivity contribution in [1.82, 2.24) is 14.5 Å². The second-order valence-corrected chi connectivity index (χ2v) is 11.5. The van der Waals surface area contributed by atoms with Crippen LogP contribution >= 0.6 is 23.2 Å². The molecule has 0 spiro atoms. The summed E-state index contributed by atoms with van der Waals surface area (Å²) in [5.41, 5.74) is 2.57. The first-order chi connectivity index (χ1) is 22.6. The number of carbonyl (C=O) groups excluding carboxylic acids is 3. The second kappa shape index (κ2) is 13.5. The molecule has 13 heteroatoms. The summed E-state index contributed by atoms with van der Waals surface area (Å²) in [4.78, 5) is 46.5. The third-order valence-corrected chi connectivity index (χ3v) is 8.12. The summed E-state index contributed by atoms with van der Waals surface area (Å²) in [5, 5.41) is 0.180. The van der Waals surface area contributed by atoms with E-state index in [1.54, 1.807) is 48.5 Å². The standard InChI is InChI=1S/C34H26Cl2FN3O7/c1-18(41)44-29-28(46-33(30(29)45-19(2)42)40-16-25(37)26-31(36)38-17-39-32(26)40)27(22-12-14-24(35)15-13-22)47-34(43)23-10-8-21(9-11-23)20-6-4-3-5-7-20/h3-17,27-30,33H,1-2H3/t27-,28-,29-,30-,33-/m1/s1. The molecule has 1 saturated heterocycles. The Morgan fingerprint density at radius 2 is 1.49 bits per heavy atom. The Bertz CT molecular complexity index is 1940. The summed E-state index contributed by atoms with van der Waals surface area (Å²) >= 11 is 12.3. The summed E-state index contributed by atoms with van der Waals surface area (Å²) in [6, 6.07) is 22.9. The van der Waals surface area contributed by atoms with Gasteiger partial charge in [0.05, 0.1) is 10.9 Å². The monoisotopic (exact) mass is 677 g/mol. The Hall–Kier alpha value is -4.84. The number of hydrogen-bond acceptors (Lipinski definition) is 9. The number of hydrogen-bond donors (Lipinski definition) is 0. The second-order valence-electron chi connectivity index (χ2n) is 10.7. The van der Waals surface area contributed by atoms with Crippen LogP contribution in [0.15, 0.2) is 91.4 Å². The van der Waals surface area contributed by atoms with Crippen molar-refractivity contribution in [2.75, 3.05) is 0 Å². The van der Waals surface area contributed by atoms with Crippen LogP contribution in [0, 0.1) is 5.82 Å². The fourth-order valence-corrected chi connectivity index (χ4v) is 5.91. The summed E-state index contributed by atoms with van der Waals surface area (Å²) in [7, 11) is 0. The van der Waals surface area contributed by atoms with Crippen LogP contribution in [0.3, 0.4) is 0 Å². The summed E-state index contributed by atoms with van der Waals surface area (Å²) < 4.78 is 40.3. The van der Waals surface area contributed by atoms with Crippen LogP contribution in [0.5, 0.6) is 0 Å². The zero-order valence-corrected chi connectivity index (χ0v) is 26.4. The maximum Gasteiger partial charge on any atom is 0.338 e. The van der Waals surface area contributed by atoms with Crippen LogP contribution in [0.4, 0.5) is 4.39 Å². The summed E-state index contributed by atoms with van der Waals surface area (Å²) in [6.07, 6.45) is -4.25. The van der Waals surface area contributed by atoms with Crippen molar-refractivity contribution in [3.63, 3.8) is 0 Å². The molecule has 3 aromatic carbocycles. The number of halogens is 3. The first-order valence-corrected chi connectivity index (χ1v) is 15.1. The largest absolute Gasteiger partial charge is 0.455 e. The first-order valence-electron chi connectivity index (χ1n) is 14.4. The van der Waals surface area contributed by atoms with Crippen LogP contribution in [0.25, 0.3) is 22.2 Å². The predicted octanol–water partition coefficient (Wildman–Crippen LogP) is 6.90. The van der Waals surface area contributed by atoms with Crippen molar-refractivity contribution < 1.29 is 37.7 Å². The van der Waals surface area contributed by atoms with E-state index in [1.165, 1.54) is 18.4 Å². The number of fused-ring (bicyclic) bond motifs is 1. The van der Waals surface area contributed by atoms with Crippen molar-refractivity contribution in [3.05, 3.63) is 119 Å². The molecule has 47 heavy (non-hydrogen) atoms. The molecule has 240 valence electrons. The van der Waals surface area contributed by atoms with Gasteiger partial charge in [0.1, 0.15) is 23.2 Å². The third kappa shape index (κ3) is 6.69. The predicted molar refractivity (Wildman–Crippen MR) is 169 cm³/mol. The highest BCUT2D eigenvalue weighted by Gasteiger charge is 2.54. The van der Waals surface area contributed by atoms with Gasteiger partial charge in [-0.3, -0.25) is 14.2 Å². The SMILES string of the molecule is CC(=O)O[C@H]1[C@@H](OC(C)=O)[C@H](n2cc(F)c3c(Cl)ncnc32)O[C@@H]1[C@H](OC(=O)c1ccc(-c2ccccc2)cc1)c1ccc(Cl)cc1. The zero-order chi connectivity index (χ0) is 33.2. The molecule has 5 atom stereocenters. The zero-order valence-electron chi connectivity index (χ0n) is 24.9. The number of aromatic nitrogens is 3. The third-order valence-electron chi connectivity index (χ3n) is 7.58.